The van der Waals surface area contributed by atoms with Crippen LogP contribution in [-0.4, -0.2) is 40.3 Å². The molecule has 3 rings (SSSR count). The monoisotopic (exact) mass is 320 g/mol. The van der Waals surface area contributed by atoms with Gasteiger partial charge in [0.15, 0.2) is 0 Å². The number of likely N-dealkylation sites (tertiary alicyclic amines) is 1. The van der Waals surface area contributed by atoms with Crippen LogP contribution in [0.1, 0.15) is 38.5 Å². The normalized spacial score (nSPS) is 18.7. The first kappa shape index (κ1) is 15.0. The molecule has 2 amide bonds. The van der Waals surface area contributed by atoms with E-state index in [4.69, 9.17) is 4.42 Å². The maximum absolute atomic E-state index is 12.1. The van der Waals surface area contributed by atoms with Gasteiger partial charge in [0, 0.05) is 30.1 Å². The van der Waals surface area contributed by atoms with Crippen LogP contribution >= 0.6 is 11.3 Å². The lowest BCUT2D eigenvalue weighted by atomic mass is 9.98. The van der Waals surface area contributed by atoms with Gasteiger partial charge in [0.25, 0.3) is 0 Å². The van der Waals surface area contributed by atoms with Crippen LogP contribution in [0.2, 0.25) is 0 Å². The average molecular weight is 320 g/mol. The number of aromatic nitrogens is 2. The van der Waals surface area contributed by atoms with E-state index in [0.717, 1.165) is 24.9 Å². The van der Waals surface area contributed by atoms with Gasteiger partial charge in [-0.05, 0) is 38.1 Å². The summed E-state index contributed by atoms with van der Waals surface area (Å²) in [4.78, 5) is 14.0. The number of nitrogens with zero attached hydrogens (tertiary/aromatic N) is 3. The summed E-state index contributed by atoms with van der Waals surface area (Å²) in [6, 6.07) is 2.09. The van der Waals surface area contributed by atoms with E-state index in [1.165, 1.54) is 0 Å². The van der Waals surface area contributed by atoms with E-state index in [0.29, 0.717) is 18.3 Å². The van der Waals surface area contributed by atoms with Crippen molar-refractivity contribution in [1.82, 2.24) is 20.4 Å². The molecular formula is C15H20N4O2S. The van der Waals surface area contributed by atoms with E-state index in [9.17, 15) is 4.79 Å². The summed E-state index contributed by atoms with van der Waals surface area (Å²) < 4.78 is 5.80. The standard InChI is InChI=1S/C15H20N4O2S/c1-10(2)16-15(20)19-6-3-4-11(8-19)13-17-18-14(21-13)12-5-7-22-9-12/h5,7,9-11H,3-4,6,8H2,1-2H3,(H,16,20). The van der Waals surface area contributed by atoms with Crippen molar-refractivity contribution in [3.05, 3.63) is 22.7 Å². The Morgan fingerprint density at radius 2 is 2.36 bits per heavy atom. The number of hydrogen-bond donors (Lipinski definition) is 1. The van der Waals surface area contributed by atoms with Gasteiger partial charge in [0.1, 0.15) is 0 Å². The number of thiophene rings is 1. The maximum atomic E-state index is 12.1. The molecular weight excluding hydrogens is 300 g/mol. The van der Waals surface area contributed by atoms with E-state index < -0.39 is 0 Å². The summed E-state index contributed by atoms with van der Waals surface area (Å²) in [6.07, 6.45) is 1.92. The third-order valence-electron chi connectivity index (χ3n) is 3.68. The Balaban J connectivity index is 1.68. The molecule has 1 atom stereocenters. The summed E-state index contributed by atoms with van der Waals surface area (Å²) in [7, 11) is 0. The Labute approximate surface area is 133 Å². The SMILES string of the molecule is CC(C)NC(=O)N1CCCC(c2nnc(-c3ccsc3)o2)C1. The second-order valence-corrected chi connectivity index (χ2v) is 6.63. The van der Waals surface area contributed by atoms with E-state index in [1.807, 2.05) is 35.6 Å². The highest BCUT2D eigenvalue weighted by Gasteiger charge is 2.28. The molecule has 6 nitrogen and oxygen atoms in total. The summed E-state index contributed by atoms with van der Waals surface area (Å²) in [5.74, 6) is 1.30. The van der Waals surface area contributed by atoms with Crippen LogP contribution in [-0.2, 0) is 0 Å². The summed E-state index contributed by atoms with van der Waals surface area (Å²) in [5.41, 5.74) is 0.953. The minimum absolute atomic E-state index is 0.0164. The molecule has 0 radical (unpaired) electrons. The van der Waals surface area contributed by atoms with Crippen molar-refractivity contribution in [2.45, 2.75) is 38.6 Å². The third kappa shape index (κ3) is 3.30. The molecule has 0 spiro atoms. The van der Waals surface area contributed by atoms with Gasteiger partial charge in [-0.2, -0.15) is 11.3 Å². The quantitative estimate of drug-likeness (QED) is 0.943. The number of carbonyl (C=O) groups is 1. The molecule has 1 saturated heterocycles. The number of amides is 2. The first-order chi connectivity index (χ1) is 10.6. The molecule has 1 N–H and O–H groups in total. The largest absolute Gasteiger partial charge is 0.420 e. The summed E-state index contributed by atoms with van der Waals surface area (Å²) >= 11 is 1.60. The maximum Gasteiger partial charge on any atom is 0.317 e. The highest BCUT2D eigenvalue weighted by molar-refractivity contribution is 7.08. The van der Waals surface area contributed by atoms with Crippen LogP contribution in [0.15, 0.2) is 21.2 Å². The fraction of sp³-hybridized carbons (Fsp3) is 0.533. The van der Waals surface area contributed by atoms with Crippen molar-refractivity contribution in [3.63, 3.8) is 0 Å². The Morgan fingerprint density at radius 1 is 1.50 bits per heavy atom. The van der Waals surface area contributed by atoms with Crippen molar-refractivity contribution >= 4 is 17.4 Å². The fourth-order valence-electron chi connectivity index (χ4n) is 2.60. The van der Waals surface area contributed by atoms with Crippen molar-refractivity contribution < 1.29 is 9.21 Å². The molecule has 1 aliphatic rings. The lowest BCUT2D eigenvalue weighted by molar-refractivity contribution is 0.172. The van der Waals surface area contributed by atoms with E-state index in [-0.39, 0.29) is 18.0 Å². The number of hydrogen-bond acceptors (Lipinski definition) is 5. The zero-order valence-electron chi connectivity index (χ0n) is 12.8. The second kappa shape index (κ2) is 6.48. The first-order valence-corrected chi connectivity index (χ1v) is 8.49. The minimum Gasteiger partial charge on any atom is -0.420 e. The number of urea groups is 1. The molecule has 3 heterocycles. The Morgan fingerprint density at radius 3 is 3.09 bits per heavy atom. The van der Waals surface area contributed by atoms with Crippen LogP contribution < -0.4 is 5.32 Å². The highest BCUT2D eigenvalue weighted by atomic mass is 32.1. The van der Waals surface area contributed by atoms with E-state index in [1.54, 1.807) is 11.3 Å². The van der Waals surface area contributed by atoms with Gasteiger partial charge in [0.05, 0.1) is 5.92 Å². The molecule has 2 aromatic heterocycles. The topological polar surface area (TPSA) is 71.3 Å². The molecule has 2 aromatic rings. The third-order valence-corrected chi connectivity index (χ3v) is 4.36. The van der Waals surface area contributed by atoms with Crippen LogP contribution in [0, 0.1) is 0 Å². The van der Waals surface area contributed by atoms with Crippen molar-refractivity contribution in [1.29, 1.82) is 0 Å². The van der Waals surface area contributed by atoms with Crippen molar-refractivity contribution in [2.24, 2.45) is 0 Å². The molecule has 0 aliphatic carbocycles. The molecule has 0 bridgehead atoms. The molecule has 1 unspecified atom stereocenters. The molecule has 7 heteroatoms. The molecule has 22 heavy (non-hydrogen) atoms. The highest BCUT2D eigenvalue weighted by Crippen LogP contribution is 2.29. The van der Waals surface area contributed by atoms with E-state index in [2.05, 4.69) is 15.5 Å². The fourth-order valence-corrected chi connectivity index (χ4v) is 3.23. The smallest absolute Gasteiger partial charge is 0.317 e. The van der Waals surface area contributed by atoms with Crippen LogP contribution in [0.3, 0.4) is 0 Å². The van der Waals surface area contributed by atoms with Crippen LogP contribution in [0.25, 0.3) is 11.5 Å². The van der Waals surface area contributed by atoms with Gasteiger partial charge >= 0.3 is 6.03 Å². The van der Waals surface area contributed by atoms with Gasteiger partial charge in [-0.3, -0.25) is 0 Å². The Kier molecular flexibility index (Phi) is 4.42. The Hall–Kier alpha value is -1.89. The minimum atomic E-state index is -0.0164. The second-order valence-electron chi connectivity index (χ2n) is 5.85. The molecule has 0 saturated carbocycles. The average Bonchev–Trinajstić information content (AvgIpc) is 3.18. The number of piperidine rings is 1. The van der Waals surface area contributed by atoms with Crippen molar-refractivity contribution in [2.75, 3.05) is 13.1 Å². The zero-order valence-corrected chi connectivity index (χ0v) is 13.6. The lowest BCUT2D eigenvalue weighted by Gasteiger charge is -2.31. The van der Waals surface area contributed by atoms with Gasteiger partial charge in [-0.25, -0.2) is 4.79 Å². The lowest BCUT2D eigenvalue weighted by Crippen LogP contribution is -2.47. The summed E-state index contributed by atoms with van der Waals surface area (Å²) in [6.45, 7) is 5.33. The van der Waals surface area contributed by atoms with Gasteiger partial charge in [-0.1, -0.05) is 0 Å². The predicted molar refractivity (Wildman–Crippen MR) is 84.8 cm³/mol. The van der Waals surface area contributed by atoms with Gasteiger partial charge in [-0.15, -0.1) is 10.2 Å². The molecule has 118 valence electrons. The van der Waals surface area contributed by atoms with Gasteiger partial charge < -0.3 is 14.6 Å². The van der Waals surface area contributed by atoms with Crippen LogP contribution in [0.5, 0.6) is 0 Å². The van der Waals surface area contributed by atoms with Gasteiger partial charge in [0.2, 0.25) is 11.8 Å². The zero-order chi connectivity index (χ0) is 15.5. The van der Waals surface area contributed by atoms with Crippen molar-refractivity contribution in [3.8, 4) is 11.5 Å². The Bertz CT molecular complexity index is 623. The van der Waals surface area contributed by atoms with Crippen LogP contribution in [0.4, 0.5) is 4.79 Å². The predicted octanol–water partition coefficient (Wildman–Crippen LogP) is 3.10. The summed E-state index contributed by atoms with van der Waals surface area (Å²) in [5, 5.41) is 15.2. The first-order valence-electron chi connectivity index (χ1n) is 7.55. The number of carbonyl (C=O) groups excluding carboxylic acids is 1. The molecule has 1 fully saturated rings. The van der Waals surface area contributed by atoms with E-state index >= 15 is 0 Å². The number of rotatable bonds is 3. The molecule has 0 aromatic carbocycles. The molecule has 1 aliphatic heterocycles. The number of nitrogens with one attached hydrogen (secondary N) is 1.